The van der Waals surface area contributed by atoms with Gasteiger partial charge in [0.15, 0.2) is 0 Å². The highest BCUT2D eigenvalue weighted by atomic mass is 15.3. The molecular formula is C11H25N5. The number of hydrogen-bond donors (Lipinski definition) is 3. The van der Waals surface area contributed by atoms with Crippen molar-refractivity contribution in [2.75, 3.05) is 26.2 Å². The molecule has 94 valence electrons. The lowest BCUT2D eigenvalue weighted by Gasteiger charge is -2.32. The minimum Gasteiger partial charge on any atom is -0.353 e. The van der Waals surface area contributed by atoms with Crippen LogP contribution in [0.5, 0.6) is 0 Å². The van der Waals surface area contributed by atoms with Crippen molar-refractivity contribution in [3.8, 4) is 0 Å². The highest BCUT2D eigenvalue weighted by molar-refractivity contribution is 5.79. The molecule has 5 heteroatoms. The monoisotopic (exact) mass is 227 g/mol. The third kappa shape index (κ3) is 4.37. The van der Waals surface area contributed by atoms with E-state index in [0.29, 0.717) is 6.04 Å². The number of nitrogens with one attached hydrogen (secondary N) is 2. The second-order valence-electron chi connectivity index (χ2n) is 4.23. The van der Waals surface area contributed by atoms with Gasteiger partial charge < -0.3 is 10.2 Å². The summed E-state index contributed by atoms with van der Waals surface area (Å²) in [5.74, 6) is 6.12. The van der Waals surface area contributed by atoms with Crippen LogP contribution in [-0.2, 0) is 0 Å². The lowest BCUT2D eigenvalue weighted by atomic mass is 10.1. The van der Waals surface area contributed by atoms with E-state index in [-0.39, 0.29) is 0 Å². The third-order valence-electron chi connectivity index (χ3n) is 2.92. The number of aliphatic imine (C=N–C) groups is 1. The molecule has 0 amide bonds. The maximum atomic E-state index is 5.40. The van der Waals surface area contributed by atoms with Crippen molar-refractivity contribution < 1.29 is 0 Å². The van der Waals surface area contributed by atoms with E-state index in [1.54, 1.807) is 0 Å². The molecule has 0 aromatic carbocycles. The van der Waals surface area contributed by atoms with E-state index in [0.717, 1.165) is 12.5 Å². The predicted octanol–water partition coefficient (Wildman–Crippen LogP) is 0.290. The first-order chi connectivity index (χ1) is 7.80. The Kier molecular flexibility index (Phi) is 6.18. The Morgan fingerprint density at radius 3 is 2.56 bits per heavy atom. The van der Waals surface area contributed by atoms with Gasteiger partial charge in [0.05, 0.1) is 0 Å². The number of hydrogen-bond acceptors (Lipinski definition) is 3. The van der Waals surface area contributed by atoms with Crippen molar-refractivity contribution in [2.45, 2.75) is 39.2 Å². The Bertz CT molecular complexity index is 208. The fourth-order valence-electron chi connectivity index (χ4n) is 2.10. The van der Waals surface area contributed by atoms with E-state index < -0.39 is 0 Å². The topological polar surface area (TPSA) is 65.7 Å². The number of likely N-dealkylation sites (tertiary alicyclic amines) is 1. The van der Waals surface area contributed by atoms with Crippen molar-refractivity contribution in [3.63, 3.8) is 0 Å². The number of rotatable bonds is 4. The smallest absolute Gasteiger partial charge is 0.205 e. The molecular weight excluding hydrogens is 202 g/mol. The summed E-state index contributed by atoms with van der Waals surface area (Å²) in [4.78, 5) is 6.77. The van der Waals surface area contributed by atoms with Gasteiger partial charge in [-0.15, -0.1) is 0 Å². The van der Waals surface area contributed by atoms with E-state index in [2.05, 4.69) is 27.6 Å². The van der Waals surface area contributed by atoms with Crippen LogP contribution >= 0.6 is 0 Å². The van der Waals surface area contributed by atoms with Crippen LogP contribution < -0.4 is 16.6 Å². The van der Waals surface area contributed by atoms with E-state index in [4.69, 9.17) is 5.84 Å². The lowest BCUT2D eigenvalue weighted by Crippen LogP contribution is -2.50. The summed E-state index contributed by atoms with van der Waals surface area (Å²) in [7, 11) is 0. The quantitative estimate of drug-likeness (QED) is 0.279. The van der Waals surface area contributed by atoms with Gasteiger partial charge in [-0.1, -0.05) is 6.92 Å². The first kappa shape index (κ1) is 13.3. The lowest BCUT2D eigenvalue weighted by molar-refractivity contribution is 0.206. The average molecular weight is 227 g/mol. The molecule has 1 aliphatic rings. The average Bonchev–Trinajstić information content (AvgIpc) is 2.31. The Labute approximate surface area is 98.4 Å². The van der Waals surface area contributed by atoms with Crippen LogP contribution in [0.3, 0.4) is 0 Å². The van der Waals surface area contributed by atoms with Crippen molar-refractivity contribution >= 4 is 5.96 Å². The van der Waals surface area contributed by atoms with Crippen molar-refractivity contribution in [3.05, 3.63) is 0 Å². The van der Waals surface area contributed by atoms with Crippen molar-refractivity contribution in [2.24, 2.45) is 10.8 Å². The number of piperidine rings is 1. The summed E-state index contributed by atoms with van der Waals surface area (Å²) in [5.41, 5.74) is 2.61. The molecule has 0 atom stereocenters. The van der Waals surface area contributed by atoms with Crippen LogP contribution in [0.25, 0.3) is 0 Å². The molecule has 0 aromatic rings. The largest absolute Gasteiger partial charge is 0.353 e. The van der Waals surface area contributed by atoms with E-state index >= 15 is 0 Å². The van der Waals surface area contributed by atoms with Crippen molar-refractivity contribution in [1.29, 1.82) is 0 Å². The molecule has 1 rings (SSSR count). The van der Waals surface area contributed by atoms with Gasteiger partial charge in [0.1, 0.15) is 0 Å². The van der Waals surface area contributed by atoms with Gasteiger partial charge in [0.25, 0.3) is 0 Å². The Balaban J connectivity index is 2.28. The summed E-state index contributed by atoms with van der Waals surface area (Å²) in [6.45, 7) is 8.56. The van der Waals surface area contributed by atoms with Gasteiger partial charge in [0, 0.05) is 25.7 Å². The zero-order chi connectivity index (χ0) is 11.8. The molecule has 1 aliphatic heterocycles. The van der Waals surface area contributed by atoms with Crippen LogP contribution in [-0.4, -0.2) is 43.1 Å². The van der Waals surface area contributed by atoms with Crippen LogP contribution in [0.1, 0.15) is 33.1 Å². The van der Waals surface area contributed by atoms with Gasteiger partial charge in [0.2, 0.25) is 5.96 Å². The summed E-state index contributed by atoms with van der Waals surface area (Å²) in [5, 5.41) is 3.36. The predicted molar refractivity (Wildman–Crippen MR) is 68.2 cm³/mol. The molecule has 1 saturated heterocycles. The maximum absolute atomic E-state index is 5.40. The highest BCUT2D eigenvalue weighted by Crippen LogP contribution is 2.10. The zero-order valence-electron chi connectivity index (χ0n) is 10.5. The fraction of sp³-hybridized carbons (Fsp3) is 0.909. The minimum absolute atomic E-state index is 0.509. The number of nitrogens with zero attached hydrogens (tertiary/aromatic N) is 2. The molecule has 16 heavy (non-hydrogen) atoms. The molecule has 0 bridgehead atoms. The van der Waals surface area contributed by atoms with Crippen LogP contribution in [0.4, 0.5) is 0 Å². The van der Waals surface area contributed by atoms with Crippen LogP contribution in [0.15, 0.2) is 4.99 Å². The van der Waals surface area contributed by atoms with E-state index in [1.807, 2.05) is 6.92 Å². The fourth-order valence-corrected chi connectivity index (χ4v) is 2.10. The molecule has 0 unspecified atom stereocenters. The molecule has 0 spiro atoms. The Morgan fingerprint density at radius 2 is 2.06 bits per heavy atom. The van der Waals surface area contributed by atoms with Crippen LogP contribution in [0.2, 0.25) is 0 Å². The summed E-state index contributed by atoms with van der Waals surface area (Å²) in [6.07, 6.45) is 3.58. The third-order valence-corrected chi connectivity index (χ3v) is 2.92. The highest BCUT2D eigenvalue weighted by Gasteiger charge is 2.18. The van der Waals surface area contributed by atoms with Gasteiger partial charge in [-0.3, -0.25) is 10.4 Å². The van der Waals surface area contributed by atoms with Gasteiger partial charge in [-0.05, 0) is 32.7 Å². The van der Waals surface area contributed by atoms with E-state index in [1.165, 1.54) is 38.9 Å². The zero-order valence-corrected chi connectivity index (χ0v) is 10.5. The first-order valence-electron chi connectivity index (χ1n) is 6.30. The first-order valence-corrected chi connectivity index (χ1v) is 6.30. The second-order valence-corrected chi connectivity index (χ2v) is 4.23. The number of hydrazine groups is 1. The van der Waals surface area contributed by atoms with Gasteiger partial charge in [-0.25, -0.2) is 5.84 Å². The number of nitrogens with two attached hydrogens (primary N) is 1. The van der Waals surface area contributed by atoms with Gasteiger partial charge >= 0.3 is 0 Å². The molecule has 5 nitrogen and oxygen atoms in total. The summed E-state index contributed by atoms with van der Waals surface area (Å²) in [6, 6.07) is 0.509. The molecule has 0 aliphatic carbocycles. The molecule has 4 N–H and O–H groups in total. The Hall–Kier alpha value is -0.810. The molecule has 0 radical (unpaired) electrons. The summed E-state index contributed by atoms with van der Waals surface area (Å²) >= 11 is 0. The molecule has 1 fully saturated rings. The summed E-state index contributed by atoms with van der Waals surface area (Å²) < 4.78 is 0. The van der Waals surface area contributed by atoms with Crippen LogP contribution in [0, 0.1) is 0 Å². The van der Waals surface area contributed by atoms with Crippen molar-refractivity contribution in [1.82, 2.24) is 15.6 Å². The minimum atomic E-state index is 0.509. The molecule has 0 saturated carbocycles. The SMILES string of the molecule is CCCN1CCC(NC(=NCC)NN)CC1. The van der Waals surface area contributed by atoms with E-state index in [9.17, 15) is 0 Å². The standard InChI is InChI=1S/C11H25N5/c1-3-7-16-8-5-10(6-9-16)14-11(15-12)13-4-2/h10H,3-9,12H2,1-2H3,(H2,13,14,15). The second kappa shape index (κ2) is 7.46. The maximum Gasteiger partial charge on any atom is 0.205 e. The normalized spacial score (nSPS) is 19.8. The molecule has 0 aromatic heterocycles. The van der Waals surface area contributed by atoms with Gasteiger partial charge in [-0.2, -0.15) is 0 Å². The Morgan fingerprint density at radius 1 is 1.38 bits per heavy atom. The molecule has 1 heterocycles. The number of guanidine groups is 1.